The molecule has 0 saturated heterocycles. The third-order valence-electron chi connectivity index (χ3n) is 3.51. The van der Waals surface area contributed by atoms with Crippen molar-refractivity contribution in [2.24, 2.45) is 5.92 Å². The van der Waals surface area contributed by atoms with Gasteiger partial charge >= 0.3 is 0 Å². The maximum Gasteiger partial charge on any atom is 0.242 e. The van der Waals surface area contributed by atoms with E-state index < -0.39 is 8.32 Å². The van der Waals surface area contributed by atoms with Crippen LogP contribution in [0.15, 0.2) is 66.7 Å². The van der Waals surface area contributed by atoms with Gasteiger partial charge in [-0.2, -0.15) is 0 Å². The van der Waals surface area contributed by atoms with Gasteiger partial charge < -0.3 is 4.43 Å². The van der Waals surface area contributed by atoms with E-state index in [1.165, 1.54) is 0 Å². The molecule has 0 saturated carbocycles. The third-order valence-corrected chi connectivity index (χ3v) is 4.35. The van der Waals surface area contributed by atoms with Crippen molar-refractivity contribution in [3.05, 3.63) is 77.9 Å². The highest BCUT2D eigenvalue weighted by atomic mass is 28.4. The van der Waals surface area contributed by atoms with Gasteiger partial charge in [0.25, 0.3) is 0 Å². The fraction of sp³-hybridized carbons (Fsp3) is 0.286. The summed E-state index contributed by atoms with van der Waals surface area (Å²) in [6, 6.07) is 19.6. The lowest BCUT2D eigenvalue weighted by Gasteiger charge is -2.23. The summed E-state index contributed by atoms with van der Waals surface area (Å²) in [7, 11) is -1.73. The van der Waals surface area contributed by atoms with Crippen molar-refractivity contribution in [1.82, 2.24) is 0 Å². The van der Waals surface area contributed by atoms with Gasteiger partial charge in [0.05, 0.1) is 0 Å². The van der Waals surface area contributed by atoms with Crippen molar-refractivity contribution in [2.75, 3.05) is 0 Å². The molecule has 0 aliphatic heterocycles. The molecule has 0 fully saturated rings. The first kappa shape index (κ1) is 18.2. The lowest BCUT2D eigenvalue weighted by Crippen LogP contribution is -2.24. The van der Waals surface area contributed by atoms with Crippen LogP contribution in [0.25, 0.3) is 5.76 Å². The zero-order chi connectivity index (χ0) is 17.6. The predicted octanol–water partition coefficient (Wildman–Crippen LogP) is 5.79. The fourth-order valence-electron chi connectivity index (χ4n) is 2.47. The summed E-state index contributed by atoms with van der Waals surface area (Å²) >= 11 is 0. The minimum absolute atomic E-state index is 0.115. The van der Waals surface area contributed by atoms with Crippen LogP contribution in [-0.2, 0) is 4.43 Å². The molecule has 0 aliphatic carbocycles. The van der Waals surface area contributed by atoms with Crippen molar-refractivity contribution >= 4 is 19.9 Å². The minimum atomic E-state index is -1.73. The standard InChI is InChI=1S/C21H26O2Si/c1-17(15-20(22)18-11-7-5-8-12-18)16-21(23-24(2,3)4)19-13-9-6-10-14-19/h5-14,16-17H,15H2,1-4H3. The maximum atomic E-state index is 12.4. The monoisotopic (exact) mass is 338 g/mol. The van der Waals surface area contributed by atoms with E-state index in [0.29, 0.717) is 6.42 Å². The van der Waals surface area contributed by atoms with Crippen LogP contribution in [0.2, 0.25) is 19.6 Å². The van der Waals surface area contributed by atoms with E-state index in [-0.39, 0.29) is 11.7 Å². The van der Waals surface area contributed by atoms with Crippen molar-refractivity contribution in [2.45, 2.75) is 33.0 Å². The van der Waals surface area contributed by atoms with E-state index in [1.807, 2.05) is 48.5 Å². The first-order valence-electron chi connectivity index (χ1n) is 8.39. The second-order valence-corrected chi connectivity index (χ2v) is 11.5. The number of hydrogen-bond donors (Lipinski definition) is 0. The molecule has 1 unspecified atom stereocenters. The van der Waals surface area contributed by atoms with E-state index in [0.717, 1.165) is 16.9 Å². The molecule has 3 heteroatoms. The maximum absolute atomic E-state index is 12.4. The molecule has 0 bridgehead atoms. The summed E-state index contributed by atoms with van der Waals surface area (Å²) in [5.74, 6) is 1.17. The van der Waals surface area contributed by atoms with Crippen molar-refractivity contribution in [1.29, 1.82) is 0 Å². The molecule has 0 N–H and O–H groups in total. The fourth-order valence-corrected chi connectivity index (χ4v) is 3.32. The van der Waals surface area contributed by atoms with Gasteiger partial charge in [0.15, 0.2) is 5.78 Å². The van der Waals surface area contributed by atoms with Gasteiger partial charge in [0, 0.05) is 17.5 Å². The molecule has 126 valence electrons. The summed E-state index contributed by atoms with van der Waals surface area (Å²) < 4.78 is 6.27. The van der Waals surface area contributed by atoms with E-state index in [9.17, 15) is 4.79 Å². The Labute approximate surface area is 146 Å². The molecule has 2 aromatic rings. The molecule has 0 spiro atoms. The van der Waals surface area contributed by atoms with Gasteiger partial charge in [-0.05, 0) is 31.6 Å². The van der Waals surface area contributed by atoms with Crippen LogP contribution in [0, 0.1) is 5.92 Å². The van der Waals surface area contributed by atoms with Crippen LogP contribution < -0.4 is 0 Å². The molecule has 0 radical (unpaired) electrons. The molecule has 0 amide bonds. The van der Waals surface area contributed by atoms with Gasteiger partial charge in [-0.15, -0.1) is 0 Å². The Hall–Kier alpha value is -2.13. The van der Waals surface area contributed by atoms with E-state index >= 15 is 0 Å². The molecule has 0 heterocycles. The van der Waals surface area contributed by atoms with Crippen molar-refractivity contribution < 1.29 is 9.22 Å². The molecular formula is C21H26O2Si. The first-order chi connectivity index (χ1) is 11.3. The Balaban J connectivity index is 2.17. The number of rotatable bonds is 7. The van der Waals surface area contributed by atoms with Gasteiger partial charge in [-0.1, -0.05) is 67.6 Å². The summed E-state index contributed by atoms with van der Waals surface area (Å²) in [5.41, 5.74) is 1.84. The molecule has 1 atom stereocenters. The van der Waals surface area contributed by atoms with E-state index in [2.05, 4.69) is 44.8 Å². The summed E-state index contributed by atoms with van der Waals surface area (Å²) in [6.45, 7) is 8.58. The van der Waals surface area contributed by atoms with Crippen LogP contribution in [-0.4, -0.2) is 14.1 Å². The Morgan fingerprint density at radius 1 is 0.958 bits per heavy atom. The normalized spacial score (nSPS) is 13.4. The Kier molecular flexibility index (Phi) is 6.15. The summed E-state index contributed by atoms with van der Waals surface area (Å²) in [5, 5.41) is 0. The van der Waals surface area contributed by atoms with Gasteiger partial charge in [0.1, 0.15) is 5.76 Å². The minimum Gasteiger partial charge on any atom is -0.544 e. The lowest BCUT2D eigenvalue weighted by atomic mass is 9.98. The predicted molar refractivity (Wildman–Crippen MR) is 103 cm³/mol. The number of hydrogen-bond acceptors (Lipinski definition) is 2. The van der Waals surface area contributed by atoms with Crippen LogP contribution in [0.4, 0.5) is 0 Å². The van der Waals surface area contributed by atoms with Gasteiger partial charge in [-0.25, -0.2) is 0 Å². The number of allylic oxidation sites excluding steroid dienone is 1. The SMILES string of the molecule is CC(C=C(O[Si](C)(C)C)c1ccccc1)CC(=O)c1ccccc1. The lowest BCUT2D eigenvalue weighted by molar-refractivity contribution is 0.0972. The molecule has 2 aromatic carbocycles. The van der Waals surface area contributed by atoms with E-state index in [1.54, 1.807) is 0 Å². The van der Waals surface area contributed by atoms with Crippen molar-refractivity contribution in [3.8, 4) is 0 Å². The average molecular weight is 339 g/mol. The highest BCUT2D eigenvalue weighted by molar-refractivity contribution is 6.70. The Morgan fingerprint density at radius 3 is 1.96 bits per heavy atom. The van der Waals surface area contributed by atoms with Gasteiger partial charge in [0.2, 0.25) is 8.32 Å². The smallest absolute Gasteiger partial charge is 0.242 e. The zero-order valence-corrected chi connectivity index (χ0v) is 16.0. The quantitative estimate of drug-likeness (QED) is 0.363. The summed E-state index contributed by atoms with van der Waals surface area (Å²) in [6.07, 6.45) is 2.57. The topological polar surface area (TPSA) is 26.3 Å². The zero-order valence-electron chi connectivity index (χ0n) is 15.0. The number of carbonyl (C=O) groups is 1. The van der Waals surface area contributed by atoms with Crippen LogP contribution in [0.1, 0.15) is 29.3 Å². The van der Waals surface area contributed by atoms with Crippen LogP contribution in [0.3, 0.4) is 0 Å². The summed E-state index contributed by atoms with van der Waals surface area (Å²) in [4.78, 5) is 12.4. The van der Waals surface area contributed by atoms with Crippen LogP contribution in [0.5, 0.6) is 0 Å². The van der Waals surface area contributed by atoms with Crippen LogP contribution >= 0.6 is 0 Å². The number of carbonyl (C=O) groups excluding carboxylic acids is 1. The molecule has 2 rings (SSSR count). The highest BCUT2D eigenvalue weighted by Crippen LogP contribution is 2.24. The molecular weight excluding hydrogens is 312 g/mol. The molecule has 24 heavy (non-hydrogen) atoms. The first-order valence-corrected chi connectivity index (χ1v) is 11.8. The largest absolute Gasteiger partial charge is 0.544 e. The average Bonchev–Trinajstić information content (AvgIpc) is 2.54. The van der Waals surface area contributed by atoms with E-state index in [4.69, 9.17) is 4.43 Å². The molecule has 0 aromatic heterocycles. The number of Topliss-reactive ketones (excluding diaryl/α,β-unsaturated/α-hetero) is 1. The Morgan fingerprint density at radius 2 is 1.46 bits per heavy atom. The van der Waals surface area contributed by atoms with Gasteiger partial charge in [-0.3, -0.25) is 4.79 Å². The molecule has 0 aliphatic rings. The second kappa shape index (κ2) is 8.11. The number of ketones is 1. The Bertz CT molecular complexity index is 685. The third kappa shape index (κ3) is 5.82. The molecule has 2 nitrogen and oxygen atoms in total. The highest BCUT2D eigenvalue weighted by Gasteiger charge is 2.20. The van der Waals surface area contributed by atoms with Crippen molar-refractivity contribution in [3.63, 3.8) is 0 Å². The second-order valence-electron chi connectivity index (χ2n) is 7.08. The number of benzene rings is 2.